The van der Waals surface area contributed by atoms with Gasteiger partial charge in [-0.3, -0.25) is 9.78 Å². The first-order valence-electron chi connectivity index (χ1n) is 9.49. The Bertz CT molecular complexity index is 1130. The van der Waals surface area contributed by atoms with E-state index in [1.54, 1.807) is 23.1 Å². The largest absolute Gasteiger partial charge is 0.383 e. The third-order valence-electron chi connectivity index (χ3n) is 5.39. The van der Waals surface area contributed by atoms with Crippen molar-refractivity contribution in [1.29, 1.82) is 5.26 Å². The molecule has 2 N–H and O–H groups in total. The van der Waals surface area contributed by atoms with Gasteiger partial charge in [-0.15, -0.1) is 0 Å². The summed E-state index contributed by atoms with van der Waals surface area (Å²) in [4.78, 5) is 23.8. The SMILES string of the molecule is CCN(C(=O)c1ccc2nc(N)c3c(c2c1)COC3)C(C)c1ccc(C#N)cn1. The molecule has 1 aliphatic rings. The molecule has 29 heavy (non-hydrogen) atoms. The van der Waals surface area contributed by atoms with Crippen molar-refractivity contribution in [2.45, 2.75) is 33.1 Å². The Labute approximate surface area is 168 Å². The molecule has 0 spiro atoms. The van der Waals surface area contributed by atoms with Crippen LogP contribution in [0.25, 0.3) is 10.9 Å². The van der Waals surface area contributed by atoms with Crippen molar-refractivity contribution in [1.82, 2.24) is 14.9 Å². The van der Waals surface area contributed by atoms with Crippen LogP contribution in [0.1, 0.15) is 52.6 Å². The van der Waals surface area contributed by atoms with E-state index in [-0.39, 0.29) is 11.9 Å². The fourth-order valence-electron chi connectivity index (χ4n) is 3.74. The smallest absolute Gasteiger partial charge is 0.254 e. The number of carbonyl (C=O) groups excluding carboxylic acids is 1. The van der Waals surface area contributed by atoms with E-state index >= 15 is 0 Å². The first kappa shape index (κ1) is 18.8. The highest BCUT2D eigenvalue weighted by molar-refractivity contribution is 5.99. The van der Waals surface area contributed by atoms with E-state index in [1.807, 2.05) is 26.0 Å². The highest BCUT2D eigenvalue weighted by atomic mass is 16.5. The van der Waals surface area contributed by atoms with Gasteiger partial charge in [0.25, 0.3) is 5.91 Å². The molecule has 0 aliphatic carbocycles. The molecule has 1 atom stereocenters. The van der Waals surface area contributed by atoms with Gasteiger partial charge in [0.1, 0.15) is 11.9 Å². The summed E-state index contributed by atoms with van der Waals surface area (Å²) in [5.41, 5.74) is 10.5. The molecule has 7 nitrogen and oxygen atoms in total. The van der Waals surface area contributed by atoms with Gasteiger partial charge in [0.2, 0.25) is 0 Å². The summed E-state index contributed by atoms with van der Waals surface area (Å²) in [6.45, 7) is 5.32. The number of fused-ring (bicyclic) bond motifs is 3. The van der Waals surface area contributed by atoms with Crippen molar-refractivity contribution in [3.63, 3.8) is 0 Å². The van der Waals surface area contributed by atoms with Crippen LogP contribution in [0.15, 0.2) is 36.5 Å². The van der Waals surface area contributed by atoms with Gasteiger partial charge in [-0.25, -0.2) is 4.98 Å². The first-order valence-corrected chi connectivity index (χ1v) is 9.49. The molecule has 146 valence electrons. The average Bonchev–Trinajstić information content (AvgIpc) is 3.25. The highest BCUT2D eigenvalue weighted by Gasteiger charge is 2.24. The van der Waals surface area contributed by atoms with Gasteiger partial charge in [0.15, 0.2) is 0 Å². The van der Waals surface area contributed by atoms with Crippen LogP contribution in [0, 0.1) is 11.3 Å². The maximum atomic E-state index is 13.3. The summed E-state index contributed by atoms with van der Waals surface area (Å²) in [6.07, 6.45) is 1.53. The number of nitriles is 1. The zero-order valence-electron chi connectivity index (χ0n) is 16.3. The van der Waals surface area contributed by atoms with Crippen LogP contribution in [0.4, 0.5) is 5.82 Å². The molecular weight excluding hydrogens is 366 g/mol. The summed E-state index contributed by atoms with van der Waals surface area (Å²) in [7, 11) is 0. The third kappa shape index (κ3) is 3.28. The van der Waals surface area contributed by atoms with Crippen molar-refractivity contribution < 1.29 is 9.53 Å². The lowest BCUT2D eigenvalue weighted by atomic mass is 10.0. The molecule has 4 rings (SSSR count). The van der Waals surface area contributed by atoms with Crippen LogP contribution in [0.5, 0.6) is 0 Å². The fourth-order valence-corrected chi connectivity index (χ4v) is 3.74. The van der Waals surface area contributed by atoms with Gasteiger partial charge in [0, 0.05) is 29.3 Å². The Hall–Kier alpha value is -3.50. The van der Waals surface area contributed by atoms with Gasteiger partial charge in [0.05, 0.1) is 36.0 Å². The van der Waals surface area contributed by atoms with Crippen molar-refractivity contribution in [2.75, 3.05) is 12.3 Å². The Balaban J connectivity index is 1.69. The number of nitrogen functional groups attached to an aromatic ring is 1. The summed E-state index contributed by atoms with van der Waals surface area (Å²) >= 11 is 0. The average molecular weight is 387 g/mol. The maximum Gasteiger partial charge on any atom is 0.254 e. The molecule has 1 aliphatic heterocycles. The predicted molar refractivity (Wildman–Crippen MR) is 109 cm³/mol. The third-order valence-corrected chi connectivity index (χ3v) is 5.39. The normalized spacial score (nSPS) is 13.7. The molecule has 0 saturated carbocycles. The quantitative estimate of drug-likeness (QED) is 0.736. The Morgan fingerprint density at radius 1 is 1.31 bits per heavy atom. The van der Waals surface area contributed by atoms with E-state index in [9.17, 15) is 4.79 Å². The van der Waals surface area contributed by atoms with E-state index in [1.165, 1.54) is 6.20 Å². The fraction of sp³-hybridized carbons (Fsp3) is 0.273. The van der Waals surface area contributed by atoms with Crippen LogP contribution >= 0.6 is 0 Å². The number of hydrogen-bond donors (Lipinski definition) is 1. The van der Waals surface area contributed by atoms with E-state index < -0.39 is 0 Å². The number of ether oxygens (including phenoxy) is 1. The number of benzene rings is 1. The monoisotopic (exact) mass is 387 g/mol. The second-order valence-electron chi connectivity index (χ2n) is 7.03. The summed E-state index contributed by atoms with van der Waals surface area (Å²) < 4.78 is 5.54. The van der Waals surface area contributed by atoms with Crippen LogP contribution in [0.2, 0.25) is 0 Å². The molecule has 0 bridgehead atoms. The molecule has 1 amide bonds. The topological polar surface area (TPSA) is 105 Å². The molecule has 0 fully saturated rings. The van der Waals surface area contributed by atoms with Crippen LogP contribution in [-0.2, 0) is 18.0 Å². The van der Waals surface area contributed by atoms with E-state index in [2.05, 4.69) is 16.0 Å². The molecule has 3 heterocycles. The van der Waals surface area contributed by atoms with Crippen LogP contribution in [0.3, 0.4) is 0 Å². The molecule has 1 aromatic carbocycles. The van der Waals surface area contributed by atoms with Gasteiger partial charge >= 0.3 is 0 Å². The molecule has 1 unspecified atom stereocenters. The maximum absolute atomic E-state index is 13.3. The zero-order chi connectivity index (χ0) is 20.5. The number of aromatic nitrogens is 2. The van der Waals surface area contributed by atoms with Gasteiger partial charge < -0.3 is 15.4 Å². The lowest BCUT2D eigenvalue weighted by Gasteiger charge is -2.28. The molecule has 0 saturated heterocycles. The van der Waals surface area contributed by atoms with Gasteiger partial charge in [-0.2, -0.15) is 5.26 Å². The Morgan fingerprint density at radius 2 is 2.10 bits per heavy atom. The molecule has 3 aromatic rings. The van der Waals surface area contributed by atoms with Crippen molar-refractivity contribution >= 4 is 22.6 Å². The van der Waals surface area contributed by atoms with Crippen LogP contribution in [-0.4, -0.2) is 27.3 Å². The highest BCUT2D eigenvalue weighted by Crippen LogP contribution is 2.32. The van der Waals surface area contributed by atoms with Crippen molar-refractivity contribution in [3.05, 3.63) is 64.5 Å². The number of rotatable bonds is 4. The molecule has 2 aromatic heterocycles. The zero-order valence-corrected chi connectivity index (χ0v) is 16.3. The molecular formula is C22H21N5O2. The summed E-state index contributed by atoms with van der Waals surface area (Å²) in [6, 6.07) is 10.8. The van der Waals surface area contributed by atoms with Crippen molar-refractivity contribution in [2.24, 2.45) is 0 Å². The minimum atomic E-state index is -0.227. The van der Waals surface area contributed by atoms with E-state index in [0.717, 1.165) is 27.7 Å². The Kier molecular flexibility index (Phi) is 4.87. The second-order valence-corrected chi connectivity index (χ2v) is 7.03. The summed E-state index contributed by atoms with van der Waals surface area (Å²) in [5.74, 6) is 0.400. The number of nitrogens with zero attached hydrogens (tertiary/aromatic N) is 4. The number of carbonyl (C=O) groups is 1. The molecule has 0 radical (unpaired) electrons. The van der Waals surface area contributed by atoms with E-state index in [0.29, 0.717) is 36.7 Å². The second kappa shape index (κ2) is 7.49. The molecule has 7 heteroatoms. The van der Waals surface area contributed by atoms with Crippen LogP contribution < -0.4 is 5.73 Å². The van der Waals surface area contributed by atoms with Crippen molar-refractivity contribution in [3.8, 4) is 6.07 Å². The lowest BCUT2D eigenvalue weighted by Crippen LogP contribution is -2.33. The number of nitrogens with two attached hydrogens (primary N) is 1. The Morgan fingerprint density at radius 3 is 2.79 bits per heavy atom. The number of amides is 1. The first-order chi connectivity index (χ1) is 14.0. The minimum Gasteiger partial charge on any atom is -0.383 e. The minimum absolute atomic E-state index is 0.0856. The lowest BCUT2D eigenvalue weighted by molar-refractivity contribution is 0.0699. The summed E-state index contributed by atoms with van der Waals surface area (Å²) in [5, 5.41) is 9.85. The van der Waals surface area contributed by atoms with E-state index in [4.69, 9.17) is 15.7 Å². The standard InChI is InChI=1S/C22H21N5O2/c1-3-27(13(2)19-6-4-14(9-23)10-25-19)22(28)15-5-7-20-16(8-15)17-11-29-12-18(17)21(24)26-20/h4-8,10,13H,3,11-12H2,1-2H3,(H2,24,26). The van der Waals surface area contributed by atoms with Gasteiger partial charge in [-0.1, -0.05) is 0 Å². The van der Waals surface area contributed by atoms with Gasteiger partial charge in [-0.05, 0) is 49.7 Å². The number of hydrogen-bond acceptors (Lipinski definition) is 6. The number of anilines is 1. The number of pyridine rings is 2. The predicted octanol–water partition coefficient (Wildman–Crippen LogP) is 3.34.